The Bertz CT molecular complexity index is 619. The van der Waals surface area contributed by atoms with Crippen LogP contribution < -0.4 is 5.32 Å². The number of hydrogen-bond acceptors (Lipinski definition) is 1. The van der Waals surface area contributed by atoms with Gasteiger partial charge in [-0.3, -0.25) is 0 Å². The highest BCUT2D eigenvalue weighted by Crippen LogP contribution is 2.24. The monoisotopic (exact) mass is 349 g/mol. The molecule has 1 nitrogen and oxygen atoms in total. The molecule has 0 fully saturated rings. The molecule has 2 aromatic rings. The van der Waals surface area contributed by atoms with Crippen molar-refractivity contribution < 1.29 is 13.2 Å². The first-order valence-corrected chi connectivity index (χ1v) is 6.47. The average Bonchev–Trinajstić information content (AvgIpc) is 2.36. The SMILES string of the molecule is Fc1cc(F)c(F)c(NCc2ccc(Cl)c(Br)c2)c1. The molecule has 2 aromatic carbocycles. The Hall–Kier alpha value is -1.20. The first-order valence-electron chi connectivity index (χ1n) is 5.29. The summed E-state index contributed by atoms with van der Waals surface area (Å²) in [5.74, 6) is -3.16. The van der Waals surface area contributed by atoms with Gasteiger partial charge >= 0.3 is 0 Å². The van der Waals surface area contributed by atoms with Gasteiger partial charge in [0.1, 0.15) is 5.82 Å². The van der Waals surface area contributed by atoms with Gasteiger partial charge in [-0.25, -0.2) is 13.2 Å². The second kappa shape index (κ2) is 5.84. The second-order valence-electron chi connectivity index (χ2n) is 3.85. The second-order valence-corrected chi connectivity index (χ2v) is 5.11. The summed E-state index contributed by atoms with van der Waals surface area (Å²) in [7, 11) is 0. The Morgan fingerprint density at radius 1 is 1.11 bits per heavy atom. The van der Waals surface area contributed by atoms with Crippen LogP contribution in [0.2, 0.25) is 5.02 Å². The van der Waals surface area contributed by atoms with Gasteiger partial charge in [0.25, 0.3) is 0 Å². The maximum Gasteiger partial charge on any atom is 0.182 e. The minimum Gasteiger partial charge on any atom is -0.378 e. The summed E-state index contributed by atoms with van der Waals surface area (Å²) < 4.78 is 40.1. The molecular formula is C13H8BrClF3N. The Labute approximate surface area is 121 Å². The van der Waals surface area contributed by atoms with Crippen LogP contribution in [0, 0.1) is 17.5 Å². The highest BCUT2D eigenvalue weighted by atomic mass is 79.9. The van der Waals surface area contributed by atoms with Crippen molar-refractivity contribution in [3.8, 4) is 0 Å². The minimum atomic E-state index is -1.22. The van der Waals surface area contributed by atoms with E-state index in [9.17, 15) is 13.2 Å². The number of benzene rings is 2. The molecular weight excluding hydrogens is 343 g/mol. The van der Waals surface area contributed by atoms with E-state index in [-0.39, 0.29) is 12.2 Å². The van der Waals surface area contributed by atoms with Crippen molar-refractivity contribution in [2.75, 3.05) is 5.32 Å². The summed E-state index contributed by atoms with van der Waals surface area (Å²) in [4.78, 5) is 0. The summed E-state index contributed by atoms with van der Waals surface area (Å²) in [6, 6.07) is 6.55. The van der Waals surface area contributed by atoms with Crippen molar-refractivity contribution in [1.29, 1.82) is 0 Å². The Kier molecular flexibility index (Phi) is 4.37. The van der Waals surface area contributed by atoms with E-state index in [4.69, 9.17) is 11.6 Å². The predicted octanol–water partition coefficient (Wildman–Crippen LogP) is 5.13. The van der Waals surface area contributed by atoms with E-state index < -0.39 is 17.5 Å². The molecule has 0 radical (unpaired) electrons. The quantitative estimate of drug-likeness (QED) is 0.757. The van der Waals surface area contributed by atoms with Crippen LogP contribution in [0.25, 0.3) is 0 Å². The molecule has 0 aliphatic heterocycles. The molecule has 100 valence electrons. The number of nitrogens with one attached hydrogen (secondary N) is 1. The van der Waals surface area contributed by atoms with Crippen LogP contribution in [-0.2, 0) is 6.54 Å². The van der Waals surface area contributed by atoms with E-state index in [1.165, 1.54) is 0 Å². The maximum atomic E-state index is 13.4. The molecule has 0 aliphatic carbocycles. The van der Waals surface area contributed by atoms with Crippen LogP contribution in [0.4, 0.5) is 18.9 Å². The number of anilines is 1. The van der Waals surface area contributed by atoms with Crippen molar-refractivity contribution in [1.82, 2.24) is 0 Å². The molecule has 0 saturated heterocycles. The number of halogens is 5. The van der Waals surface area contributed by atoms with E-state index >= 15 is 0 Å². The van der Waals surface area contributed by atoms with Gasteiger partial charge in [0.2, 0.25) is 0 Å². The summed E-state index contributed by atoms with van der Waals surface area (Å²) in [5.41, 5.74) is 0.573. The molecule has 0 saturated carbocycles. The summed E-state index contributed by atoms with van der Waals surface area (Å²) in [6.45, 7) is 0.218. The molecule has 0 heterocycles. The van der Waals surface area contributed by atoms with Crippen molar-refractivity contribution >= 4 is 33.2 Å². The smallest absolute Gasteiger partial charge is 0.182 e. The fourth-order valence-corrected chi connectivity index (χ4v) is 2.08. The van der Waals surface area contributed by atoms with E-state index in [1.807, 2.05) is 0 Å². The number of rotatable bonds is 3. The van der Waals surface area contributed by atoms with Crippen LogP contribution in [-0.4, -0.2) is 0 Å². The molecule has 19 heavy (non-hydrogen) atoms. The fraction of sp³-hybridized carbons (Fsp3) is 0.0769. The molecule has 0 unspecified atom stereocenters. The molecule has 2 rings (SSSR count). The van der Waals surface area contributed by atoms with Gasteiger partial charge < -0.3 is 5.32 Å². The zero-order valence-corrected chi connectivity index (χ0v) is 11.8. The molecule has 0 atom stereocenters. The van der Waals surface area contributed by atoms with Crippen LogP contribution in [0.15, 0.2) is 34.8 Å². The minimum absolute atomic E-state index is 0.218. The predicted molar refractivity (Wildman–Crippen MR) is 72.8 cm³/mol. The third-order valence-corrected chi connectivity index (χ3v) is 3.67. The van der Waals surface area contributed by atoms with Crippen LogP contribution in [0.5, 0.6) is 0 Å². The highest BCUT2D eigenvalue weighted by Gasteiger charge is 2.10. The summed E-state index contributed by atoms with van der Waals surface area (Å²) in [5, 5.41) is 3.19. The fourth-order valence-electron chi connectivity index (χ4n) is 1.53. The van der Waals surface area contributed by atoms with Gasteiger partial charge in [-0.05, 0) is 33.6 Å². The van der Waals surface area contributed by atoms with Gasteiger partial charge in [-0.15, -0.1) is 0 Å². The summed E-state index contributed by atoms with van der Waals surface area (Å²) in [6.07, 6.45) is 0. The Balaban J connectivity index is 2.16. The first-order chi connectivity index (χ1) is 8.97. The average molecular weight is 351 g/mol. The molecule has 6 heteroatoms. The van der Waals surface area contributed by atoms with Gasteiger partial charge in [0, 0.05) is 23.2 Å². The highest BCUT2D eigenvalue weighted by molar-refractivity contribution is 9.10. The molecule has 0 aromatic heterocycles. The summed E-state index contributed by atoms with van der Waals surface area (Å²) >= 11 is 9.09. The van der Waals surface area contributed by atoms with Crippen molar-refractivity contribution in [3.05, 3.63) is 62.8 Å². The zero-order chi connectivity index (χ0) is 14.0. The lowest BCUT2D eigenvalue weighted by atomic mass is 10.2. The standard InChI is InChI=1S/C13H8BrClF3N/c14-9-3-7(1-2-10(9)15)6-19-12-5-8(16)4-11(17)13(12)18/h1-5,19H,6H2. The van der Waals surface area contributed by atoms with E-state index in [0.29, 0.717) is 15.6 Å². The normalized spacial score (nSPS) is 10.6. The van der Waals surface area contributed by atoms with Gasteiger partial charge in [0.05, 0.1) is 10.7 Å². The van der Waals surface area contributed by atoms with E-state index in [1.54, 1.807) is 18.2 Å². The zero-order valence-electron chi connectivity index (χ0n) is 9.48. The molecule has 0 spiro atoms. The first kappa shape index (κ1) is 14.2. The molecule has 0 bridgehead atoms. The lowest BCUT2D eigenvalue weighted by Gasteiger charge is -2.09. The molecule has 0 aliphatic rings. The lowest BCUT2D eigenvalue weighted by Crippen LogP contribution is -2.03. The van der Waals surface area contributed by atoms with Crippen LogP contribution >= 0.6 is 27.5 Å². The van der Waals surface area contributed by atoms with Crippen LogP contribution in [0.1, 0.15) is 5.56 Å². The largest absolute Gasteiger partial charge is 0.378 e. The van der Waals surface area contributed by atoms with Gasteiger partial charge in [0.15, 0.2) is 11.6 Å². The topological polar surface area (TPSA) is 12.0 Å². The van der Waals surface area contributed by atoms with Gasteiger partial charge in [-0.1, -0.05) is 17.7 Å². The lowest BCUT2D eigenvalue weighted by molar-refractivity contribution is 0.497. The van der Waals surface area contributed by atoms with E-state index in [0.717, 1.165) is 11.6 Å². The van der Waals surface area contributed by atoms with Crippen molar-refractivity contribution in [3.63, 3.8) is 0 Å². The van der Waals surface area contributed by atoms with Crippen LogP contribution in [0.3, 0.4) is 0 Å². The Morgan fingerprint density at radius 2 is 1.84 bits per heavy atom. The third kappa shape index (κ3) is 3.42. The Morgan fingerprint density at radius 3 is 2.53 bits per heavy atom. The van der Waals surface area contributed by atoms with E-state index in [2.05, 4.69) is 21.2 Å². The molecule has 1 N–H and O–H groups in total. The third-order valence-electron chi connectivity index (χ3n) is 2.46. The number of hydrogen-bond donors (Lipinski definition) is 1. The van der Waals surface area contributed by atoms with Gasteiger partial charge in [-0.2, -0.15) is 0 Å². The van der Waals surface area contributed by atoms with Crippen molar-refractivity contribution in [2.45, 2.75) is 6.54 Å². The maximum absolute atomic E-state index is 13.4. The molecule has 0 amide bonds. The van der Waals surface area contributed by atoms with Crippen molar-refractivity contribution in [2.24, 2.45) is 0 Å².